The third-order valence-corrected chi connectivity index (χ3v) is 8.60. The summed E-state index contributed by atoms with van der Waals surface area (Å²) in [5, 5.41) is 0. The Labute approximate surface area is 245 Å². The second-order valence-electron chi connectivity index (χ2n) is 11.6. The summed E-state index contributed by atoms with van der Waals surface area (Å²) in [5.41, 5.74) is 1.51. The van der Waals surface area contributed by atoms with Gasteiger partial charge in [0.05, 0.1) is 42.8 Å². The lowest BCUT2D eigenvalue weighted by molar-refractivity contribution is -0.164. The van der Waals surface area contributed by atoms with Crippen molar-refractivity contribution in [2.75, 3.05) is 34.9 Å². The highest BCUT2D eigenvalue weighted by Crippen LogP contribution is 2.48. The molecule has 1 fully saturated rings. The van der Waals surface area contributed by atoms with Gasteiger partial charge < -0.3 is 28.4 Å². The molecule has 8 nitrogen and oxygen atoms in total. The van der Waals surface area contributed by atoms with Crippen LogP contribution in [0.3, 0.4) is 0 Å². The van der Waals surface area contributed by atoms with Crippen molar-refractivity contribution in [2.24, 2.45) is 35.5 Å². The number of ether oxygens (including phenoxy) is 6. The number of cyclic esters (lactones) is 1. The van der Waals surface area contributed by atoms with Crippen molar-refractivity contribution >= 4 is 11.9 Å². The maximum Gasteiger partial charge on any atom is 0.336 e. The van der Waals surface area contributed by atoms with Crippen LogP contribution in [0.5, 0.6) is 0 Å². The maximum absolute atomic E-state index is 13.8. The Kier molecular flexibility index (Phi) is 13.1. The van der Waals surface area contributed by atoms with Gasteiger partial charge in [-0.1, -0.05) is 49.5 Å². The largest absolute Gasteiger partial charge is 0.466 e. The number of carbonyl (C=O) groups excluding carboxylic acids is 2. The number of rotatable bonds is 7. The molecule has 0 amide bonds. The van der Waals surface area contributed by atoms with E-state index < -0.39 is 12.1 Å². The molecule has 228 valence electrons. The zero-order valence-electron chi connectivity index (χ0n) is 25.7. The zero-order chi connectivity index (χ0) is 29.9. The van der Waals surface area contributed by atoms with Crippen LogP contribution in [0.1, 0.15) is 59.8 Å². The number of fused-ring (bicyclic) bond motifs is 3. The molecule has 2 aliphatic carbocycles. The highest BCUT2D eigenvalue weighted by atomic mass is 16.7. The van der Waals surface area contributed by atoms with Gasteiger partial charge in [-0.2, -0.15) is 0 Å². The van der Waals surface area contributed by atoms with E-state index in [0.29, 0.717) is 24.3 Å². The SMILES string of the molecule is COCO[C@@H]1[C@@H](C)CCC2[C@H]3C(=O)O[C@H](C)CCC/C=C(\C(=O)OC)[C@H](OCOC)[C@@H](C)/C=C/C#C[C@@H]3C(C)=C[C@@H]21. The monoisotopic (exact) mass is 572 g/mol. The fourth-order valence-corrected chi connectivity index (χ4v) is 6.48. The van der Waals surface area contributed by atoms with Crippen molar-refractivity contribution < 1.29 is 38.0 Å². The molecule has 1 saturated carbocycles. The second kappa shape index (κ2) is 16.3. The van der Waals surface area contributed by atoms with Crippen LogP contribution < -0.4 is 0 Å². The van der Waals surface area contributed by atoms with E-state index in [1.54, 1.807) is 20.3 Å². The normalized spacial score (nSPS) is 36.7. The molecule has 3 rings (SSSR count). The van der Waals surface area contributed by atoms with Gasteiger partial charge in [0.15, 0.2) is 0 Å². The summed E-state index contributed by atoms with van der Waals surface area (Å²) in [6.07, 6.45) is 10.9. The summed E-state index contributed by atoms with van der Waals surface area (Å²) >= 11 is 0. The van der Waals surface area contributed by atoms with Crippen LogP contribution in [0.25, 0.3) is 0 Å². The van der Waals surface area contributed by atoms with Crippen molar-refractivity contribution in [1.29, 1.82) is 0 Å². The minimum atomic E-state index is -0.554. The Bertz CT molecular complexity index is 1030. The average Bonchev–Trinajstić information content (AvgIpc) is 2.95. The molecule has 0 aromatic heterocycles. The first-order valence-electron chi connectivity index (χ1n) is 14.8. The molecule has 41 heavy (non-hydrogen) atoms. The molecule has 1 aliphatic heterocycles. The molecule has 0 radical (unpaired) electrons. The number of methoxy groups -OCH3 is 3. The number of hydrogen-bond donors (Lipinski definition) is 0. The number of allylic oxidation sites excluding steroid dienone is 3. The summed E-state index contributed by atoms with van der Waals surface area (Å²) in [6, 6.07) is 0. The molecule has 0 spiro atoms. The molecular weight excluding hydrogens is 524 g/mol. The van der Waals surface area contributed by atoms with Crippen LogP contribution in [0, 0.1) is 47.3 Å². The van der Waals surface area contributed by atoms with Crippen molar-refractivity contribution in [3.05, 3.63) is 35.5 Å². The topological polar surface area (TPSA) is 89.5 Å². The van der Waals surface area contributed by atoms with Crippen LogP contribution in [0.4, 0.5) is 0 Å². The van der Waals surface area contributed by atoms with Gasteiger partial charge >= 0.3 is 11.9 Å². The lowest BCUT2D eigenvalue weighted by Crippen LogP contribution is -2.49. The predicted octanol–water partition coefficient (Wildman–Crippen LogP) is 5.23. The Balaban J connectivity index is 2.00. The van der Waals surface area contributed by atoms with Crippen molar-refractivity contribution in [1.82, 2.24) is 0 Å². The summed E-state index contributed by atoms with van der Waals surface area (Å²) in [4.78, 5) is 26.5. The fraction of sp³-hybridized carbons (Fsp3) is 0.697. The minimum absolute atomic E-state index is 0.0243. The van der Waals surface area contributed by atoms with Gasteiger partial charge in [0, 0.05) is 26.1 Å². The van der Waals surface area contributed by atoms with E-state index in [1.807, 2.05) is 26.0 Å². The molecule has 1 unspecified atom stereocenters. The van der Waals surface area contributed by atoms with Gasteiger partial charge in [-0.05, 0) is 63.9 Å². The molecule has 0 bridgehead atoms. The van der Waals surface area contributed by atoms with Crippen molar-refractivity contribution in [3.8, 4) is 11.8 Å². The van der Waals surface area contributed by atoms with Gasteiger partial charge in [-0.25, -0.2) is 4.79 Å². The molecule has 8 heteroatoms. The quantitative estimate of drug-likeness (QED) is 0.177. The first-order chi connectivity index (χ1) is 19.7. The fourth-order valence-electron chi connectivity index (χ4n) is 6.48. The summed E-state index contributed by atoms with van der Waals surface area (Å²) < 4.78 is 33.6. The van der Waals surface area contributed by atoms with Crippen molar-refractivity contribution in [2.45, 2.75) is 78.1 Å². The summed E-state index contributed by atoms with van der Waals surface area (Å²) in [5.74, 6) is 5.67. The molecule has 3 aliphatic rings. The van der Waals surface area contributed by atoms with E-state index in [9.17, 15) is 9.59 Å². The number of esters is 2. The number of hydrogen-bond acceptors (Lipinski definition) is 8. The highest BCUT2D eigenvalue weighted by Gasteiger charge is 2.49. The van der Waals surface area contributed by atoms with Crippen LogP contribution in [-0.4, -0.2) is 65.2 Å². The number of carbonyl (C=O) groups is 2. The smallest absolute Gasteiger partial charge is 0.336 e. The van der Waals surface area contributed by atoms with Gasteiger partial charge in [0.25, 0.3) is 0 Å². The molecule has 0 saturated heterocycles. The highest BCUT2D eigenvalue weighted by molar-refractivity contribution is 5.89. The minimum Gasteiger partial charge on any atom is -0.466 e. The molecule has 0 N–H and O–H groups in total. The Morgan fingerprint density at radius 3 is 2.49 bits per heavy atom. The maximum atomic E-state index is 13.8. The van der Waals surface area contributed by atoms with E-state index >= 15 is 0 Å². The lowest BCUT2D eigenvalue weighted by atomic mass is 9.60. The first kappa shape index (κ1) is 33.1. The lowest BCUT2D eigenvalue weighted by Gasteiger charge is -2.47. The standard InChI is InChI=1S/C33H48O8/c1-21-12-8-10-14-25-23(3)18-28-26(17-16-22(2)31(28)40-20-37-6)29(25)33(35)41-24(4)13-9-11-15-27(32(34)38-7)30(21)39-19-36-5/h8,12,15,18,21-22,24-26,28-31H,9,11,13,16-17,19-20H2,1-7H3/b12-8+,27-15-/t21-,22-,24+,25+,26?,28-,29-,30+,31+/m0/s1. The molecule has 0 aromatic carbocycles. The predicted molar refractivity (Wildman–Crippen MR) is 155 cm³/mol. The summed E-state index contributed by atoms with van der Waals surface area (Å²) in [7, 11) is 4.54. The third-order valence-electron chi connectivity index (χ3n) is 8.60. The Morgan fingerprint density at radius 2 is 1.78 bits per heavy atom. The molecular formula is C33H48O8. The van der Waals surface area contributed by atoms with Crippen molar-refractivity contribution in [3.63, 3.8) is 0 Å². The molecule has 1 heterocycles. The molecule has 9 atom stereocenters. The van der Waals surface area contributed by atoms with Gasteiger partial charge in [-0.15, -0.1) is 0 Å². The van der Waals surface area contributed by atoms with Crippen LogP contribution >= 0.6 is 0 Å². The van der Waals surface area contributed by atoms with E-state index in [4.69, 9.17) is 28.4 Å². The van der Waals surface area contributed by atoms with E-state index in [1.165, 1.54) is 7.11 Å². The van der Waals surface area contributed by atoms with E-state index in [0.717, 1.165) is 24.8 Å². The summed E-state index contributed by atoms with van der Waals surface area (Å²) in [6.45, 7) is 8.43. The zero-order valence-corrected chi connectivity index (χ0v) is 25.7. The molecule has 0 aromatic rings. The third kappa shape index (κ3) is 8.54. The van der Waals surface area contributed by atoms with Crippen LogP contribution in [-0.2, 0) is 38.0 Å². The van der Waals surface area contributed by atoms with Crippen LogP contribution in [0.2, 0.25) is 0 Å². The average molecular weight is 573 g/mol. The van der Waals surface area contributed by atoms with Gasteiger partial charge in [-0.3, -0.25) is 4.79 Å². The van der Waals surface area contributed by atoms with Crippen LogP contribution in [0.15, 0.2) is 35.5 Å². The second-order valence-corrected chi connectivity index (χ2v) is 11.6. The van der Waals surface area contributed by atoms with E-state index in [2.05, 4.69) is 31.8 Å². The first-order valence-corrected chi connectivity index (χ1v) is 14.8. The Morgan fingerprint density at radius 1 is 1.05 bits per heavy atom. The van der Waals surface area contributed by atoms with E-state index in [-0.39, 0.29) is 61.4 Å². The Hall–Kier alpha value is -2.44. The van der Waals surface area contributed by atoms with Gasteiger partial charge in [0.1, 0.15) is 13.6 Å². The van der Waals surface area contributed by atoms with Gasteiger partial charge in [0.2, 0.25) is 0 Å².